The van der Waals surface area contributed by atoms with Crippen molar-refractivity contribution in [3.05, 3.63) is 0 Å². The van der Waals surface area contributed by atoms with Crippen LogP contribution < -0.4 is 5.73 Å². The molecule has 20 heavy (non-hydrogen) atoms. The SMILES string of the molecule is CCC(C)N1CCN(C(=O)CC2(N)CCCCC2)CC1. The Bertz CT molecular complexity index is 318. The molecule has 0 bridgehead atoms. The maximum atomic E-state index is 12.4. The second-order valence-corrected chi connectivity index (χ2v) is 6.77. The lowest BCUT2D eigenvalue weighted by molar-refractivity contribution is -0.134. The van der Waals surface area contributed by atoms with Crippen LogP contribution in [0.3, 0.4) is 0 Å². The molecular weight excluding hydrogens is 250 g/mol. The Morgan fingerprint density at radius 1 is 1.15 bits per heavy atom. The molecule has 4 heteroatoms. The van der Waals surface area contributed by atoms with Crippen LogP contribution in [0.15, 0.2) is 0 Å². The van der Waals surface area contributed by atoms with Crippen molar-refractivity contribution in [3.63, 3.8) is 0 Å². The Labute approximate surface area is 123 Å². The molecule has 0 radical (unpaired) electrons. The number of carbonyl (C=O) groups is 1. The summed E-state index contributed by atoms with van der Waals surface area (Å²) < 4.78 is 0. The summed E-state index contributed by atoms with van der Waals surface area (Å²) in [5.74, 6) is 0.276. The molecule has 2 N–H and O–H groups in total. The summed E-state index contributed by atoms with van der Waals surface area (Å²) in [6.07, 6.45) is 7.42. The van der Waals surface area contributed by atoms with Crippen LogP contribution in [0.4, 0.5) is 0 Å². The monoisotopic (exact) mass is 281 g/mol. The highest BCUT2D eigenvalue weighted by Gasteiger charge is 2.32. The molecule has 0 aromatic heterocycles. The fourth-order valence-electron chi connectivity index (χ4n) is 3.52. The van der Waals surface area contributed by atoms with Gasteiger partial charge in [-0.25, -0.2) is 0 Å². The molecule has 1 saturated carbocycles. The number of nitrogens with two attached hydrogens (primary N) is 1. The lowest BCUT2D eigenvalue weighted by Gasteiger charge is -2.40. The first-order valence-corrected chi connectivity index (χ1v) is 8.35. The van der Waals surface area contributed by atoms with E-state index in [0.717, 1.165) is 39.0 Å². The fourth-order valence-corrected chi connectivity index (χ4v) is 3.52. The van der Waals surface area contributed by atoms with E-state index in [2.05, 4.69) is 18.7 Å². The van der Waals surface area contributed by atoms with E-state index in [1.807, 2.05) is 4.90 Å². The molecule has 1 saturated heterocycles. The van der Waals surface area contributed by atoms with Gasteiger partial charge in [-0.2, -0.15) is 0 Å². The van der Waals surface area contributed by atoms with Crippen molar-refractivity contribution in [1.82, 2.24) is 9.80 Å². The van der Waals surface area contributed by atoms with Crippen molar-refractivity contribution in [2.45, 2.75) is 70.4 Å². The van der Waals surface area contributed by atoms with Crippen LogP contribution in [-0.4, -0.2) is 53.5 Å². The lowest BCUT2D eigenvalue weighted by atomic mass is 9.80. The van der Waals surface area contributed by atoms with Crippen LogP contribution in [0.1, 0.15) is 58.8 Å². The minimum Gasteiger partial charge on any atom is -0.340 e. The van der Waals surface area contributed by atoms with Crippen molar-refractivity contribution >= 4 is 5.91 Å². The predicted molar refractivity (Wildman–Crippen MR) is 82.5 cm³/mol. The molecule has 0 aromatic rings. The van der Waals surface area contributed by atoms with E-state index in [1.54, 1.807) is 0 Å². The average Bonchev–Trinajstić information content (AvgIpc) is 2.47. The smallest absolute Gasteiger partial charge is 0.224 e. The maximum absolute atomic E-state index is 12.4. The largest absolute Gasteiger partial charge is 0.340 e. The van der Waals surface area contributed by atoms with E-state index in [0.29, 0.717) is 12.5 Å². The number of amides is 1. The predicted octanol–water partition coefficient (Wildman–Crippen LogP) is 1.98. The Balaban J connectivity index is 1.79. The minimum atomic E-state index is -0.219. The number of carbonyl (C=O) groups excluding carboxylic acids is 1. The number of nitrogens with zero attached hydrogens (tertiary/aromatic N) is 2. The molecule has 0 spiro atoms. The van der Waals surface area contributed by atoms with Crippen molar-refractivity contribution in [2.75, 3.05) is 26.2 Å². The van der Waals surface area contributed by atoms with Gasteiger partial charge in [-0.05, 0) is 26.2 Å². The highest BCUT2D eigenvalue weighted by Crippen LogP contribution is 2.29. The summed E-state index contributed by atoms with van der Waals surface area (Å²) in [6.45, 7) is 8.27. The van der Waals surface area contributed by atoms with E-state index in [1.165, 1.54) is 25.7 Å². The third kappa shape index (κ3) is 3.95. The number of hydrogen-bond donors (Lipinski definition) is 1. The van der Waals surface area contributed by atoms with E-state index in [-0.39, 0.29) is 11.4 Å². The summed E-state index contributed by atoms with van der Waals surface area (Å²) in [7, 11) is 0. The first kappa shape index (κ1) is 15.8. The topological polar surface area (TPSA) is 49.6 Å². The van der Waals surface area contributed by atoms with Gasteiger partial charge in [0.2, 0.25) is 5.91 Å². The molecule has 116 valence electrons. The summed E-state index contributed by atoms with van der Waals surface area (Å²) in [4.78, 5) is 17.0. The van der Waals surface area contributed by atoms with Crippen LogP contribution in [0.25, 0.3) is 0 Å². The van der Waals surface area contributed by atoms with Crippen molar-refractivity contribution in [2.24, 2.45) is 5.73 Å². The molecule has 1 amide bonds. The highest BCUT2D eigenvalue weighted by molar-refractivity contribution is 5.77. The van der Waals surface area contributed by atoms with E-state index < -0.39 is 0 Å². The van der Waals surface area contributed by atoms with E-state index in [9.17, 15) is 4.79 Å². The second kappa shape index (κ2) is 6.90. The first-order valence-electron chi connectivity index (χ1n) is 8.35. The van der Waals surface area contributed by atoms with Gasteiger partial charge in [-0.15, -0.1) is 0 Å². The highest BCUT2D eigenvalue weighted by atomic mass is 16.2. The van der Waals surface area contributed by atoms with Crippen LogP contribution >= 0.6 is 0 Å². The van der Waals surface area contributed by atoms with Gasteiger partial charge in [0.25, 0.3) is 0 Å². The van der Waals surface area contributed by atoms with Gasteiger partial charge in [-0.1, -0.05) is 26.2 Å². The van der Waals surface area contributed by atoms with Crippen LogP contribution in [-0.2, 0) is 4.79 Å². The maximum Gasteiger partial charge on any atom is 0.224 e. The molecule has 4 nitrogen and oxygen atoms in total. The minimum absolute atomic E-state index is 0.219. The van der Waals surface area contributed by atoms with Gasteiger partial charge in [0.05, 0.1) is 0 Å². The Morgan fingerprint density at radius 2 is 1.75 bits per heavy atom. The third-order valence-electron chi connectivity index (χ3n) is 5.23. The van der Waals surface area contributed by atoms with Gasteiger partial charge in [0.15, 0.2) is 0 Å². The van der Waals surface area contributed by atoms with Gasteiger partial charge in [0, 0.05) is 44.2 Å². The van der Waals surface area contributed by atoms with Gasteiger partial charge < -0.3 is 10.6 Å². The molecule has 2 aliphatic rings. The van der Waals surface area contributed by atoms with E-state index >= 15 is 0 Å². The normalized spacial score (nSPS) is 25.4. The second-order valence-electron chi connectivity index (χ2n) is 6.77. The van der Waals surface area contributed by atoms with Crippen LogP contribution in [0.5, 0.6) is 0 Å². The zero-order valence-electron chi connectivity index (χ0n) is 13.2. The molecule has 2 rings (SSSR count). The molecular formula is C16H31N3O. The Morgan fingerprint density at radius 3 is 2.30 bits per heavy atom. The number of piperazine rings is 1. The molecule has 2 fully saturated rings. The van der Waals surface area contributed by atoms with Gasteiger partial charge in [-0.3, -0.25) is 9.69 Å². The standard InChI is InChI=1S/C16H31N3O/c1-3-14(2)18-9-11-19(12-10-18)15(20)13-16(17)7-5-4-6-8-16/h14H,3-13,17H2,1-2H3. The lowest BCUT2D eigenvalue weighted by Crippen LogP contribution is -2.53. The number of rotatable bonds is 4. The Kier molecular flexibility index (Phi) is 5.44. The average molecular weight is 281 g/mol. The summed E-state index contributed by atoms with van der Waals surface area (Å²) in [6, 6.07) is 0.631. The third-order valence-corrected chi connectivity index (χ3v) is 5.23. The molecule has 0 aromatic carbocycles. The van der Waals surface area contributed by atoms with Gasteiger partial charge >= 0.3 is 0 Å². The van der Waals surface area contributed by atoms with Crippen molar-refractivity contribution in [1.29, 1.82) is 0 Å². The quantitative estimate of drug-likeness (QED) is 0.857. The van der Waals surface area contributed by atoms with Crippen molar-refractivity contribution in [3.8, 4) is 0 Å². The van der Waals surface area contributed by atoms with Crippen molar-refractivity contribution < 1.29 is 4.79 Å². The number of hydrogen-bond acceptors (Lipinski definition) is 3. The fraction of sp³-hybridized carbons (Fsp3) is 0.938. The molecule has 1 aliphatic heterocycles. The zero-order valence-corrected chi connectivity index (χ0v) is 13.2. The van der Waals surface area contributed by atoms with Crippen LogP contribution in [0, 0.1) is 0 Å². The molecule has 1 heterocycles. The summed E-state index contributed by atoms with van der Waals surface area (Å²) in [5, 5.41) is 0. The molecule has 1 atom stereocenters. The van der Waals surface area contributed by atoms with Crippen LogP contribution in [0.2, 0.25) is 0 Å². The summed E-state index contributed by atoms with van der Waals surface area (Å²) >= 11 is 0. The van der Waals surface area contributed by atoms with E-state index in [4.69, 9.17) is 5.73 Å². The Hall–Kier alpha value is -0.610. The zero-order chi connectivity index (χ0) is 14.6. The summed E-state index contributed by atoms with van der Waals surface area (Å²) in [5.41, 5.74) is 6.19. The first-order chi connectivity index (χ1) is 9.54. The molecule has 1 aliphatic carbocycles. The van der Waals surface area contributed by atoms with Gasteiger partial charge in [0.1, 0.15) is 0 Å². The molecule has 1 unspecified atom stereocenters.